The molecule has 0 saturated heterocycles. The Balaban J connectivity index is 1.72. The van der Waals surface area contributed by atoms with E-state index in [1.807, 2.05) is 6.92 Å². The second-order valence-electron chi connectivity index (χ2n) is 4.79. The molecular weight excluding hydrogens is 299 g/mol. The van der Waals surface area contributed by atoms with E-state index in [2.05, 4.69) is 34.8 Å². The normalized spacial score (nSPS) is 10.8. The first-order chi connectivity index (χ1) is 10.6. The van der Waals surface area contributed by atoms with Gasteiger partial charge in [-0.15, -0.1) is 11.8 Å². The van der Waals surface area contributed by atoms with Crippen molar-refractivity contribution in [3.8, 4) is 0 Å². The van der Waals surface area contributed by atoms with E-state index in [1.165, 1.54) is 35.2 Å². The predicted octanol–water partition coefficient (Wildman–Crippen LogP) is 3.52. The van der Waals surface area contributed by atoms with E-state index >= 15 is 0 Å². The summed E-state index contributed by atoms with van der Waals surface area (Å²) in [5.74, 6) is 0.506. The summed E-state index contributed by atoms with van der Waals surface area (Å²) in [7, 11) is 0. The van der Waals surface area contributed by atoms with E-state index in [-0.39, 0.29) is 11.7 Å². The third-order valence-corrected chi connectivity index (χ3v) is 3.92. The lowest BCUT2D eigenvalue weighted by molar-refractivity contribution is -0.118. The van der Waals surface area contributed by atoms with Crippen LogP contribution in [0.5, 0.6) is 0 Å². The zero-order valence-electron chi connectivity index (χ0n) is 12.3. The highest BCUT2D eigenvalue weighted by molar-refractivity contribution is 7.99. The minimum absolute atomic E-state index is 0.204. The van der Waals surface area contributed by atoms with Crippen molar-refractivity contribution in [2.75, 3.05) is 5.75 Å². The fourth-order valence-corrected chi connectivity index (χ4v) is 2.51. The molecular formula is C17H17FN2OS. The highest BCUT2D eigenvalue weighted by atomic mass is 32.2. The van der Waals surface area contributed by atoms with Crippen molar-refractivity contribution in [3.05, 3.63) is 71.0 Å². The fourth-order valence-electron chi connectivity index (χ4n) is 1.73. The molecule has 0 spiro atoms. The standard InChI is InChI=1S/C17H17FN2OS/c1-13-6-8-14(9-7-13)11-22-12-17(21)20-19-10-15-4-2-3-5-16(15)18/h2-10H,11-12H2,1H3,(H,20,21)/b19-10-. The molecule has 5 heteroatoms. The molecule has 0 fully saturated rings. The van der Waals surface area contributed by atoms with Crippen LogP contribution in [0, 0.1) is 12.7 Å². The Morgan fingerprint density at radius 1 is 1.23 bits per heavy atom. The van der Waals surface area contributed by atoms with E-state index < -0.39 is 0 Å². The van der Waals surface area contributed by atoms with Gasteiger partial charge in [-0.2, -0.15) is 5.10 Å². The summed E-state index contributed by atoms with van der Waals surface area (Å²) in [6, 6.07) is 14.5. The Morgan fingerprint density at radius 2 is 1.95 bits per heavy atom. The van der Waals surface area contributed by atoms with Crippen LogP contribution in [0.25, 0.3) is 0 Å². The number of hydrazone groups is 1. The summed E-state index contributed by atoms with van der Waals surface area (Å²) in [6.07, 6.45) is 1.30. The number of thioether (sulfide) groups is 1. The van der Waals surface area contributed by atoms with E-state index in [4.69, 9.17) is 0 Å². The maximum atomic E-state index is 13.3. The molecule has 0 saturated carbocycles. The lowest BCUT2D eigenvalue weighted by Gasteiger charge is -2.02. The van der Waals surface area contributed by atoms with Crippen LogP contribution in [-0.2, 0) is 10.5 Å². The van der Waals surface area contributed by atoms with Gasteiger partial charge in [0.15, 0.2) is 0 Å². The zero-order valence-corrected chi connectivity index (χ0v) is 13.1. The molecule has 2 aromatic carbocycles. The maximum absolute atomic E-state index is 13.3. The van der Waals surface area contributed by atoms with Gasteiger partial charge in [0.1, 0.15) is 5.82 Å². The van der Waals surface area contributed by atoms with Crippen LogP contribution < -0.4 is 5.43 Å². The van der Waals surface area contributed by atoms with Gasteiger partial charge in [0.25, 0.3) is 0 Å². The van der Waals surface area contributed by atoms with Gasteiger partial charge in [-0.05, 0) is 18.6 Å². The molecule has 3 nitrogen and oxygen atoms in total. The largest absolute Gasteiger partial charge is 0.272 e. The number of rotatable bonds is 6. The molecule has 1 amide bonds. The van der Waals surface area contributed by atoms with Crippen LogP contribution in [0.3, 0.4) is 0 Å². The maximum Gasteiger partial charge on any atom is 0.250 e. The van der Waals surface area contributed by atoms with Crippen molar-refractivity contribution < 1.29 is 9.18 Å². The van der Waals surface area contributed by atoms with Crippen LogP contribution in [-0.4, -0.2) is 17.9 Å². The van der Waals surface area contributed by atoms with Crippen molar-refractivity contribution in [2.45, 2.75) is 12.7 Å². The Kier molecular flexibility index (Phi) is 6.15. The summed E-state index contributed by atoms with van der Waals surface area (Å²) < 4.78 is 13.3. The summed E-state index contributed by atoms with van der Waals surface area (Å²) in [4.78, 5) is 11.6. The molecule has 0 unspecified atom stereocenters. The second kappa shape index (κ2) is 8.34. The van der Waals surface area contributed by atoms with Crippen molar-refractivity contribution in [3.63, 3.8) is 0 Å². The minimum atomic E-state index is -0.366. The number of carbonyl (C=O) groups is 1. The molecule has 2 rings (SSSR count). The summed E-state index contributed by atoms with van der Waals surface area (Å²) in [5.41, 5.74) is 5.14. The second-order valence-corrected chi connectivity index (χ2v) is 5.78. The lowest BCUT2D eigenvalue weighted by Crippen LogP contribution is -2.19. The van der Waals surface area contributed by atoms with Gasteiger partial charge in [-0.1, -0.05) is 48.0 Å². The summed E-state index contributed by atoms with van der Waals surface area (Å²) >= 11 is 1.51. The molecule has 0 atom stereocenters. The topological polar surface area (TPSA) is 41.5 Å². The average Bonchev–Trinajstić information content (AvgIpc) is 2.51. The Morgan fingerprint density at radius 3 is 2.68 bits per heavy atom. The predicted molar refractivity (Wildman–Crippen MR) is 89.5 cm³/mol. The van der Waals surface area contributed by atoms with Gasteiger partial charge in [0.05, 0.1) is 12.0 Å². The molecule has 1 N–H and O–H groups in total. The van der Waals surface area contributed by atoms with Crippen molar-refractivity contribution in [2.24, 2.45) is 5.10 Å². The molecule has 0 aliphatic heterocycles. The Labute approximate surface area is 133 Å². The van der Waals surface area contributed by atoms with Gasteiger partial charge in [-0.25, -0.2) is 9.82 Å². The number of carbonyl (C=O) groups excluding carboxylic acids is 1. The first-order valence-electron chi connectivity index (χ1n) is 6.85. The molecule has 114 valence electrons. The average molecular weight is 316 g/mol. The first kappa shape index (κ1) is 16.2. The number of halogens is 1. The van der Waals surface area contributed by atoms with Gasteiger partial charge >= 0.3 is 0 Å². The van der Waals surface area contributed by atoms with Gasteiger partial charge in [-0.3, -0.25) is 4.79 Å². The zero-order chi connectivity index (χ0) is 15.8. The van der Waals surface area contributed by atoms with E-state index in [0.717, 1.165) is 5.75 Å². The van der Waals surface area contributed by atoms with Crippen molar-refractivity contribution >= 4 is 23.9 Å². The molecule has 0 aromatic heterocycles. The molecule has 0 radical (unpaired) electrons. The van der Waals surface area contributed by atoms with Gasteiger partial charge < -0.3 is 0 Å². The monoisotopic (exact) mass is 316 g/mol. The van der Waals surface area contributed by atoms with Crippen LogP contribution in [0.15, 0.2) is 53.6 Å². The number of hydrogen-bond acceptors (Lipinski definition) is 3. The first-order valence-corrected chi connectivity index (χ1v) is 8.00. The SMILES string of the molecule is Cc1ccc(CSCC(=O)N/N=C\c2ccccc2F)cc1. The number of nitrogens with one attached hydrogen (secondary N) is 1. The number of nitrogens with zero attached hydrogens (tertiary/aromatic N) is 1. The van der Waals surface area contributed by atoms with Crippen LogP contribution >= 0.6 is 11.8 Å². The van der Waals surface area contributed by atoms with E-state index in [9.17, 15) is 9.18 Å². The van der Waals surface area contributed by atoms with Crippen molar-refractivity contribution in [1.29, 1.82) is 0 Å². The van der Waals surface area contributed by atoms with Crippen molar-refractivity contribution in [1.82, 2.24) is 5.43 Å². The Bertz CT molecular complexity index is 656. The number of amides is 1. The molecule has 0 heterocycles. The molecule has 2 aromatic rings. The highest BCUT2D eigenvalue weighted by Gasteiger charge is 2.01. The van der Waals surface area contributed by atoms with Crippen LogP contribution in [0.2, 0.25) is 0 Å². The quantitative estimate of drug-likeness (QED) is 0.654. The Hall–Kier alpha value is -2.14. The lowest BCUT2D eigenvalue weighted by atomic mass is 10.2. The third kappa shape index (κ3) is 5.33. The number of hydrogen-bond donors (Lipinski definition) is 1. The van der Waals surface area contributed by atoms with E-state index in [0.29, 0.717) is 11.3 Å². The fraction of sp³-hybridized carbons (Fsp3) is 0.176. The molecule has 0 aliphatic rings. The van der Waals surface area contributed by atoms with Crippen LogP contribution in [0.1, 0.15) is 16.7 Å². The molecule has 22 heavy (non-hydrogen) atoms. The third-order valence-electron chi connectivity index (χ3n) is 2.92. The number of aryl methyl sites for hydroxylation is 1. The van der Waals surface area contributed by atoms with Gasteiger partial charge in [0.2, 0.25) is 5.91 Å². The smallest absolute Gasteiger partial charge is 0.250 e. The van der Waals surface area contributed by atoms with E-state index in [1.54, 1.807) is 18.2 Å². The number of benzene rings is 2. The highest BCUT2D eigenvalue weighted by Crippen LogP contribution is 2.12. The summed E-state index contributed by atoms with van der Waals surface area (Å²) in [6.45, 7) is 2.04. The van der Waals surface area contributed by atoms with Gasteiger partial charge in [0, 0.05) is 11.3 Å². The minimum Gasteiger partial charge on any atom is -0.272 e. The molecule has 0 bridgehead atoms. The molecule has 0 aliphatic carbocycles. The van der Waals surface area contributed by atoms with Crippen LogP contribution in [0.4, 0.5) is 4.39 Å². The summed E-state index contributed by atoms with van der Waals surface area (Å²) in [5, 5.41) is 3.76.